The molecule has 0 saturated heterocycles. The Kier molecular flexibility index (Phi) is 7.26. The number of ether oxygens (including phenoxy) is 1. The summed E-state index contributed by atoms with van der Waals surface area (Å²) in [7, 11) is 0. The number of aromatic nitrogens is 1. The first-order valence-electron chi connectivity index (χ1n) is 7.96. The molecule has 0 unspecified atom stereocenters. The summed E-state index contributed by atoms with van der Waals surface area (Å²) in [4.78, 5) is 28.1. The Hall–Kier alpha value is -1.82. The van der Waals surface area contributed by atoms with E-state index in [2.05, 4.69) is 10.3 Å². The summed E-state index contributed by atoms with van der Waals surface area (Å²) in [5.41, 5.74) is 2.58. The molecule has 0 fully saturated rings. The number of para-hydroxylation sites is 1. The first-order chi connectivity index (χ1) is 12.4. The van der Waals surface area contributed by atoms with Crippen LogP contribution in [0.1, 0.15) is 35.5 Å². The molecule has 0 aliphatic carbocycles. The molecule has 0 aliphatic rings. The minimum Gasteiger partial charge on any atom is -0.451 e. The maximum Gasteiger partial charge on any atom is 0.359 e. The van der Waals surface area contributed by atoms with Gasteiger partial charge in [-0.05, 0) is 24.0 Å². The van der Waals surface area contributed by atoms with Crippen LogP contribution in [-0.2, 0) is 22.4 Å². The fourth-order valence-electron chi connectivity index (χ4n) is 2.36. The molecule has 5 nitrogen and oxygen atoms in total. The molecule has 0 radical (unpaired) electrons. The molecule has 1 N–H and O–H groups in total. The zero-order chi connectivity index (χ0) is 19.3. The zero-order valence-corrected chi connectivity index (χ0v) is 16.5. The quantitative estimate of drug-likeness (QED) is 0.677. The van der Waals surface area contributed by atoms with E-state index in [1.54, 1.807) is 0 Å². The number of hydrogen-bond donors (Lipinski definition) is 1. The second-order valence-electron chi connectivity index (χ2n) is 5.37. The van der Waals surface area contributed by atoms with Crippen molar-refractivity contribution in [1.29, 1.82) is 0 Å². The Morgan fingerprint density at radius 2 is 1.69 bits per heavy atom. The Balaban J connectivity index is 2.06. The molecule has 0 bridgehead atoms. The summed E-state index contributed by atoms with van der Waals surface area (Å²) in [6.07, 6.45) is 2.73. The van der Waals surface area contributed by atoms with Crippen LogP contribution in [-0.4, -0.2) is 23.5 Å². The fourth-order valence-corrected chi connectivity index (χ4v) is 2.92. The van der Waals surface area contributed by atoms with Crippen molar-refractivity contribution in [3.05, 3.63) is 56.3 Å². The van der Waals surface area contributed by atoms with Crippen molar-refractivity contribution in [2.45, 2.75) is 26.7 Å². The van der Waals surface area contributed by atoms with Crippen LogP contribution in [0.2, 0.25) is 15.1 Å². The van der Waals surface area contributed by atoms with E-state index in [9.17, 15) is 9.59 Å². The van der Waals surface area contributed by atoms with Gasteiger partial charge in [-0.15, -0.1) is 0 Å². The van der Waals surface area contributed by atoms with Crippen molar-refractivity contribution in [1.82, 2.24) is 4.98 Å². The second-order valence-corrected chi connectivity index (χ2v) is 6.53. The first-order valence-corrected chi connectivity index (χ1v) is 9.09. The zero-order valence-electron chi connectivity index (χ0n) is 14.2. The third-order valence-corrected chi connectivity index (χ3v) is 4.95. The number of amides is 1. The molecule has 0 spiro atoms. The predicted octanol–water partition coefficient (Wildman–Crippen LogP) is 4.96. The molecular formula is C18H17Cl3N2O3. The molecule has 1 aromatic heterocycles. The van der Waals surface area contributed by atoms with Gasteiger partial charge >= 0.3 is 5.97 Å². The van der Waals surface area contributed by atoms with Crippen molar-refractivity contribution in [3.8, 4) is 0 Å². The van der Waals surface area contributed by atoms with E-state index in [1.807, 2.05) is 32.0 Å². The number of esters is 1. The lowest BCUT2D eigenvalue weighted by atomic mass is 10.0. The number of nitrogens with one attached hydrogen (secondary N) is 1. The average Bonchev–Trinajstić information content (AvgIpc) is 2.64. The van der Waals surface area contributed by atoms with Crippen molar-refractivity contribution in [2.75, 3.05) is 11.9 Å². The first kappa shape index (κ1) is 20.5. The van der Waals surface area contributed by atoms with Gasteiger partial charge in [-0.3, -0.25) is 4.79 Å². The highest BCUT2D eigenvalue weighted by atomic mass is 35.5. The minimum absolute atomic E-state index is 0.00388. The molecule has 0 atom stereocenters. The predicted molar refractivity (Wildman–Crippen MR) is 103 cm³/mol. The number of benzene rings is 1. The standard InChI is InChI=1S/C18H17Cl3N2O3/c1-3-10-6-5-7-11(4-2)16(10)23-13(24)9-26-18(25)17-15(21)14(20)12(19)8-22-17/h5-8H,3-4,9H2,1-2H3,(H,23,24). The summed E-state index contributed by atoms with van der Waals surface area (Å²) < 4.78 is 4.99. The Morgan fingerprint density at radius 1 is 1.08 bits per heavy atom. The van der Waals surface area contributed by atoms with Gasteiger partial charge in [0.2, 0.25) is 0 Å². The molecule has 1 aromatic carbocycles. The Labute approximate surface area is 166 Å². The fraction of sp³-hybridized carbons (Fsp3) is 0.278. The van der Waals surface area contributed by atoms with Gasteiger partial charge in [0.25, 0.3) is 5.91 Å². The molecule has 0 aliphatic heterocycles. The van der Waals surface area contributed by atoms with Gasteiger partial charge in [0, 0.05) is 11.9 Å². The largest absolute Gasteiger partial charge is 0.451 e. The van der Waals surface area contributed by atoms with Crippen LogP contribution in [0, 0.1) is 0 Å². The third kappa shape index (κ3) is 4.67. The number of carbonyl (C=O) groups is 2. The van der Waals surface area contributed by atoms with Gasteiger partial charge in [0.05, 0.1) is 15.1 Å². The van der Waals surface area contributed by atoms with Crippen LogP contribution in [0.15, 0.2) is 24.4 Å². The minimum atomic E-state index is -0.858. The number of anilines is 1. The van der Waals surface area contributed by atoms with Gasteiger partial charge in [0.1, 0.15) is 0 Å². The number of pyridine rings is 1. The molecule has 1 heterocycles. The van der Waals surface area contributed by atoms with Crippen molar-refractivity contribution < 1.29 is 14.3 Å². The van der Waals surface area contributed by atoms with Crippen LogP contribution < -0.4 is 5.32 Å². The van der Waals surface area contributed by atoms with E-state index in [1.165, 1.54) is 6.20 Å². The summed E-state index contributed by atoms with van der Waals surface area (Å²) in [5, 5.41) is 2.81. The van der Waals surface area contributed by atoms with Gasteiger partial charge in [-0.25, -0.2) is 9.78 Å². The summed E-state index contributed by atoms with van der Waals surface area (Å²) in [6.45, 7) is 3.53. The van der Waals surface area contributed by atoms with Gasteiger partial charge < -0.3 is 10.1 Å². The van der Waals surface area contributed by atoms with Gasteiger partial charge in [-0.2, -0.15) is 0 Å². The molecule has 0 saturated carbocycles. The van der Waals surface area contributed by atoms with Crippen molar-refractivity contribution in [2.24, 2.45) is 0 Å². The smallest absolute Gasteiger partial charge is 0.359 e. The number of aryl methyl sites for hydroxylation is 2. The van der Waals surface area contributed by atoms with Gasteiger partial charge in [-0.1, -0.05) is 66.8 Å². The van der Waals surface area contributed by atoms with Crippen LogP contribution in [0.4, 0.5) is 5.69 Å². The van der Waals surface area contributed by atoms with E-state index in [0.29, 0.717) is 0 Å². The molecule has 1 amide bonds. The molecule has 26 heavy (non-hydrogen) atoms. The van der Waals surface area contributed by atoms with E-state index >= 15 is 0 Å². The highest BCUT2D eigenvalue weighted by Gasteiger charge is 2.20. The molecular weight excluding hydrogens is 399 g/mol. The molecule has 2 rings (SSSR count). The van der Waals surface area contributed by atoms with Gasteiger partial charge in [0.15, 0.2) is 12.3 Å². The summed E-state index contributed by atoms with van der Waals surface area (Å²) >= 11 is 17.6. The maximum absolute atomic E-state index is 12.2. The van der Waals surface area contributed by atoms with Crippen LogP contribution in [0.3, 0.4) is 0 Å². The van der Waals surface area contributed by atoms with Crippen LogP contribution >= 0.6 is 34.8 Å². The van der Waals surface area contributed by atoms with E-state index in [4.69, 9.17) is 39.5 Å². The lowest BCUT2D eigenvalue weighted by molar-refractivity contribution is -0.119. The van der Waals surface area contributed by atoms with Crippen molar-refractivity contribution in [3.63, 3.8) is 0 Å². The Morgan fingerprint density at radius 3 is 2.27 bits per heavy atom. The number of rotatable bonds is 6. The normalized spacial score (nSPS) is 10.5. The van der Waals surface area contributed by atoms with Crippen molar-refractivity contribution >= 4 is 52.4 Å². The highest BCUT2D eigenvalue weighted by molar-refractivity contribution is 6.48. The molecule has 2 aromatic rings. The van der Waals surface area contributed by atoms with E-state index in [-0.39, 0.29) is 20.8 Å². The number of nitrogens with zero attached hydrogens (tertiary/aromatic N) is 1. The third-order valence-electron chi connectivity index (χ3n) is 3.71. The molecule has 8 heteroatoms. The monoisotopic (exact) mass is 414 g/mol. The van der Waals surface area contributed by atoms with E-state index < -0.39 is 18.5 Å². The lowest BCUT2D eigenvalue weighted by Crippen LogP contribution is -2.22. The van der Waals surface area contributed by atoms with Crippen LogP contribution in [0.5, 0.6) is 0 Å². The summed E-state index contributed by atoms with van der Waals surface area (Å²) in [5.74, 6) is -1.31. The number of carbonyl (C=O) groups excluding carboxylic acids is 2. The SMILES string of the molecule is CCc1cccc(CC)c1NC(=O)COC(=O)c1ncc(Cl)c(Cl)c1Cl. The molecule has 138 valence electrons. The summed E-state index contributed by atoms with van der Waals surface area (Å²) in [6, 6.07) is 5.84. The maximum atomic E-state index is 12.2. The number of hydrogen-bond acceptors (Lipinski definition) is 4. The average molecular weight is 416 g/mol. The Bertz CT molecular complexity index is 818. The topological polar surface area (TPSA) is 68.3 Å². The van der Waals surface area contributed by atoms with E-state index in [0.717, 1.165) is 29.7 Å². The second kappa shape index (κ2) is 9.21. The van der Waals surface area contributed by atoms with Crippen LogP contribution in [0.25, 0.3) is 0 Å². The lowest BCUT2D eigenvalue weighted by Gasteiger charge is -2.14. The highest BCUT2D eigenvalue weighted by Crippen LogP contribution is 2.31. The number of halogens is 3.